The predicted molar refractivity (Wildman–Crippen MR) is 95.0 cm³/mol. The molecule has 2 aromatic rings. The second-order valence-corrected chi connectivity index (χ2v) is 5.86. The van der Waals surface area contributed by atoms with Gasteiger partial charge in [-0.3, -0.25) is 0 Å². The zero-order valence-electron chi connectivity index (χ0n) is 12.2. The lowest BCUT2D eigenvalue weighted by Crippen LogP contribution is -2.24. The fourth-order valence-electron chi connectivity index (χ4n) is 2.67. The van der Waals surface area contributed by atoms with Gasteiger partial charge in [-0.25, -0.2) is 4.39 Å². The summed E-state index contributed by atoms with van der Waals surface area (Å²) < 4.78 is 19.0. The lowest BCUT2D eigenvalue weighted by atomic mass is 9.97. The molecule has 0 amide bonds. The van der Waals surface area contributed by atoms with Crippen LogP contribution in [0, 0.1) is 5.82 Å². The molecule has 0 aromatic heterocycles. The molecule has 2 aliphatic rings. The van der Waals surface area contributed by atoms with Gasteiger partial charge in [-0.1, -0.05) is 42.5 Å². The molecule has 0 aliphatic carbocycles. The first-order valence-electron chi connectivity index (χ1n) is 7.26. The number of allylic oxidation sites excluding steroid dienone is 2. The van der Waals surface area contributed by atoms with Crippen molar-refractivity contribution in [1.82, 2.24) is 4.90 Å². The van der Waals surface area contributed by atoms with E-state index in [9.17, 15) is 4.39 Å². The molecule has 4 rings (SSSR count). The van der Waals surface area contributed by atoms with Gasteiger partial charge >= 0.3 is 0 Å². The molecule has 0 saturated heterocycles. The van der Waals surface area contributed by atoms with Crippen LogP contribution in [0.2, 0.25) is 0 Å². The van der Waals surface area contributed by atoms with E-state index in [1.165, 1.54) is 11.9 Å². The van der Waals surface area contributed by atoms with Crippen LogP contribution in [0.1, 0.15) is 5.56 Å². The first kappa shape index (κ1) is 14.0. The topological polar surface area (TPSA) is 15.6 Å². The van der Waals surface area contributed by atoms with E-state index >= 15 is 0 Å². The third-order valence-electron chi connectivity index (χ3n) is 3.78. The Morgan fingerprint density at radius 2 is 1.83 bits per heavy atom. The van der Waals surface area contributed by atoms with Crippen LogP contribution >= 0.6 is 11.9 Å². The maximum atomic E-state index is 14.6. The van der Waals surface area contributed by atoms with Gasteiger partial charge in [-0.15, -0.1) is 0 Å². The third-order valence-corrected chi connectivity index (χ3v) is 4.30. The minimum Gasteiger partial charge on any atom is -0.307 e. The Morgan fingerprint density at radius 1 is 0.957 bits per heavy atom. The van der Waals surface area contributed by atoms with Crippen LogP contribution in [0.15, 0.2) is 82.9 Å². The summed E-state index contributed by atoms with van der Waals surface area (Å²) >= 11 is 1.38. The summed E-state index contributed by atoms with van der Waals surface area (Å²) in [5.74, 6) is 0.599. The van der Waals surface area contributed by atoms with Crippen LogP contribution in [0.3, 0.4) is 0 Å². The van der Waals surface area contributed by atoms with Crippen LogP contribution < -0.4 is 0 Å². The zero-order valence-corrected chi connectivity index (χ0v) is 13.0. The van der Waals surface area contributed by atoms with Crippen molar-refractivity contribution in [3.63, 3.8) is 0 Å². The SMILES string of the molecule is Fc1cc(C2=CC=CN3C=CSN=C23)ccc1-c1ccccc1. The van der Waals surface area contributed by atoms with Crippen molar-refractivity contribution >= 4 is 23.4 Å². The molecule has 0 radical (unpaired) electrons. The summed E-state index contributed by atoms with van der Waals surface area (Å²) in [7, 11) is 0. The minimum absolute atomic E-state index is 0.227. The van der Waals surface area contributed by atoms with Gasteiger partial charge in [0.25, 0.3) is 0 Å². The highest BCUT2D eigenvalue weighted by atomic mass is 32.2. The number of rotatable bonds is 2. The summed E-state index contributed by atoms with van der Waals surface area (Å²) in [6, 6.07) is 14.9. The van der Waals surface area contributed by atoms with E-state index in [2.05, 4.69) is 4.40 Å². The summed E-state index contributed by atoms with van der Waals surface area (Å²) in [5.41, 5.74) is 3.23. The minimum atomic E-state index is -0.227. The second kappa shape index (κ2) is 5.89. The predicted octanol–water partition coefficient (Wildman–Crippen LogP) is 5.24. The fraction of sp³-hybridized carbons (Fsp3) is 0. The summed E-state index contributed by atoms with van der Waals surface area (Å²) in [6.07, 6.45) is 7.79. The highest BCUT2D eigenvalue weighted by Crippen LogP contribution is 2.30. The van der Waals surface area contributed by atoms with Crippen molar-refractivity contribution in [2.24, 2.45) is 4.40 Å². The van der Waals surface area contributed by atoms with Gasteiger partial charge in [0.15, 0.2) is 5.84 Å². The van der Waals surface area contributed by atoms with E-state index in [0.29, 0.717) is 5.56 Å². The van der Waals surface area contributed by atoms with Gasteiger partial charge in [0.2, 0.25) is 0 Å². The fourth-order valence-corrected chi connectivity index (χ4v) is 3.20. The molecular weight excluding hydrogens is 307 g/mol. The van der Waals surface area contributed by atoms with Gasteiger partial charge in [0.1, 0.15) is 5.82 Å². The Hall–Kier alpha value is -2.59. The van der Waals surface area contributed by atoms with Crippen molar-refractivity contribution < 1.29 is 4.39 Å². The number of hydrogen-bond donors (Lipinski definition) is 0. The first-order chi connectivity index (χ1) is 11.3. The Balaban J connectivity index is 1.74. The third kappa shape index (κ3) is 2.62. The van der Waals surface area contributed by atoms with E-state index in [0.717, 1.165) is 22.5 Å². The Morgan fingerprint density at radius 3 is 2.65 bits per heavy atom. The van der Waals surface area contributed by atoms with Gasteiger partial charge in [0, 0.05) is 40.9 Å². The number of fused-ring (bicyclic) bond motifs is 1. The Kier molecular flexibility index (Phi) is 3.60. The number of nitrogens with zero attached hydrogens (tertiary/aromatic N) is 2. The van der Waals surface area contributed by atoms with E-state index in [1.54, 1.807) is 6.07 Å². The molecule has 2 aromatic carbocycles. The molecule has 0 bridgehead atoms. The van der Waals surface area contributed by atoms with Crippen molar-refractivity contribution in [2.45, 2.75) is 0 Å². The van der Waals surface area contributed by atoms with Crippen molar-refractivity contribution in [3.8, 4) is 11.1 Å². The zero-order chi connectivity index (χ0) is 15.6. The number of halogens is 1. The average molecular weight is 320 g/mol. The molecule has 4 heteroatoms. The van der Waals surface area contributed by atoms with Gasteiger partial charge in [-0.2, -0.15) is 4.40 Å². The highest BCUT2D eigenvalue weighted by molar-refractivity contribution is 8.01. The van der Waals surface area contributed by atoms with Crippen LogP contribution in [0.5, 0.6) is 0 Å². The second-order valence-electron chi connectivity index (χ2n) is 5.20. The molecule has 0 N–H and O–H groups in total. The summed E-state index contributed by atoms with van der Waals surface area (Å²) in [5, 5.41) is 1.91. The molecule has 2 aliphatic heterocycles. The maximum absolute atomic E-state index is 14.6. The van der Waals surface area contributed by atoms with E-state index in [-0.39, 0.29) is 5.82 Å². The van der Waals surface area contributed by atoms with Crippen LogP contribution in [-0.4, -0.2) is 10.7 Å². The first-order valence-corrected chi connectivity index (χ1v) is 8.09. The number of amidine groups is 1. The van der Waals surface area contributed by atoms with Crippen molar-refractivity contribution in [3.05, 3.63) is 89.9 Å². The largest absolute Gasteiger partial charge is 0.307 e. The van der Waals surface area contributed by atoms with Crippen LogP contribution in [-0.2, 0) is 0 Å². The summed E-state index contributed by atoms with van der Waals surface area (Å²) in [6.45, 7) is 0. The van der Waals surface area contributed by atoms with Crippen LogP contribution in [0.25, 0.3) is 16.7 Å². The van der Waals surface area contributed by atoms with Crippen LogP contribution in [0.4, 0.5) is 4.39 Å². The molecule has 112 valence electrons. The number of benzene rings is 2. The summed E-state index contributed by atoms with van der Waals surface area (Å²) in [4.78, 5) is 1.94. The molecule has 0 fully saturated rings. The van der Waals surface area contributed by atoms with Crippen molar-refractivity contribution in [2.75, 3.05) is 0 Å². The Bertz CT molecular complexity index is 866. The molecule has 0 spiro atoms. The molecule has 0 atom stereocenters. The van der Waals surface area contributed by atoms with E-state index < -0.39 is 0 Å². The van der Waals surface area contributed by atoms with Gasteiger partial charge in [-0.05, 0) is 29.3 Å². The molecular formula is C19H13FN2S. The molecule has 0 unspecified atom stereocenters. The normalized spacial score (nSPS) is 16.0. The monoisotopic (exact) mass is 320 g/mol. The molecule has 2 heterocycles. The Labute approximate surface area is 138 Å². The molecule has 2 nitrogen and oxygen atoms in total. The van der Waals surface area contributed by atoms with E-state index in [4.69, 9.17) is 0 Å². The molecule has 0 saturated carbocycles. The van der Waals surface area contributed by atoms with Gasteiger partial charge in [0.05, 0.1) is 0 Å². The lowest BCUT2D eigenvalue weighted by molar-refractivity contribution is 0.631. The lowest BCUT2D eigenvalue weighted by Gasteiger charge is -2.25. The standard InChI is InChI=1S/C19H13FN2S/c20-18-13-15(8-9-16(18)14-5-2-1-3-6-14)17-7-4-10-22-11-12-23-21-19(17)22/h1-13H. The van der Waals surface area contributed by atoms with Gasteiger partial charge < -0.3 is 4.90 Å². The van der Waals surface area contributed by atoms with E-state index in [1.807, 2.05) is 77.3 Å². The molecule has 23 heavy (non-hydrogen) atoms. The van der Waals surface area contributed by atoms with Crippen molar-refractivity contribution in [1.29, 1.82) is 0 Å². The highest BCUT2D eigenvalue weighted by Gasteiger charge is 2.20. The quantitative estimate of drug-likeness (QED) is 0.704. The average Bonchev–Trinajstić information content (AvgIpc) is 2.62. The maximum Gasteiger partial charge on any atom is 0.152 e. The smallest absolute Gasteiger partial charge is 0.152 e. The number of hydrogen-bond acceptors (Lipinski definition) is 3.